The lowest BCUT2D eigenvalue weighted by atomic mass is 10.2. The third kappa shape index (κ3) is 4.14. The van der Waals surface area contributed by atoms with Crippen molar-refractivity contribution in [3.05, 3.63) is 22.3 Å². The summed E-state index contributed by atoms with van der Waals surface area (Å²) in [6.45, 7) is 1.82. The van der Waals surface area contributed by atoms with Crippen LogP contribution in [0, 0.1) is 0 Å². The van der Waals surface area contributed by atoms with E-state index in [9.17, 15) is 9.59 Å². The Labute approximate surface area is 108 Å². The fourth-order valence-corrected chi connectivity index (χ4v) is 1.67. The van der Waals surface area contributed by atoms with E-state index in [-0.39, 0.29) is 12.3 Å². The number of carbonyl (C=O) groups excluding carboxylic acids is 2. The first-order valence-electron chi connectivity index (χ1n) is 4.95. The van der Waals surface area contributed by atoms with Crippen LogP contribution in [0.5, 0.6) is 5.88 Å². The van der Waals surface area contributed by atoms with Crippen molar-refractivity contribution in [1.82, 2.24) is 9.88 Å². The van der Waals surface area contributed by atoms with Gasteiger partial charge in [0.2, 0.25) is 12.3 Å². The summed E-state index contributed by atoms with van der Waals surface area (Å²) in [7, 11) is 1.51. The number of nitrogens with zero attached hydrogens (tertiary/aromatic N) is 2. The molecule has 0 aromatic carbocycles. The van der Waals surface area contributed by atoms with Crippen LogP contribution in [-0.2, 0) is 16.1 Å². The fourth-order valence-electron chi connectivity index (χ4n) is 1.38. The quantitative estimate of drug-likeness (QED) is 0.588. The number of carbonyl (C=O) groups is 2. The number of ketones is 1. The SMILES string of the molecule is COc1nc(Br)ccc1CN(C=O)CC(C)=O. The number of pyridine rings is 1. The average molecular weight is 301 g/mol. The molecule has 1 aromatic rings. The molecular weight excluding hydrogens is 288 g/mol. The first-order chi connectivity index (χ1) is 8.06. The summed E-state index contributed by atoms with van der Waals surface area (Å²) in [5.41, 5.74) is 0.754. The zero-order valence-electron chi connectivity index (χ0n) is 9.64. The van der Waals surface area contributed by atoms with Gasteiger partial charge in [-0.05, 0) is 35.0 Å². The monoisotopic (exact) mass is 300 g/mol. The number of hydrogen-bond acceptors (Lipinski definition) is 4. The third-order valence-electron chi connectivity index (χ3n) is 2.05. The molecule has 0 spiro atoms. The van der Waals surface area contributed by atoms with Crippen LogP contribution in [0.4, 0.5) is 0 Å². The summed E-state index contributed by atoms with van der Waals surface area (Å²) < 4.78 is 5.76. The van der Waals surface area contributed by atoms with E-state index >= 15 is 0 Å². The lowest BCUT2D eigenvalue weighted by Crippen LogP contribution is -2.27. The van der Waals surface area contributed by atoms with E-state index < -0.39 is 0 Å². The number of methoxy groups -OCH3 is 1. The second-order valence-electron chi connectivity index (χ2n) is 3.51. The van der Waals surface area contributed by atoms with Gasteiger partial charge in [-0.15, -0.1) is 0 Å². The molecule has 0 bridgehead atoms. The molecule has 5 nitrogen and oxygen atoms in total. The number of halogens is 1. The zero-order valence-corrected chi connectivity index (χ0v) is 11.2. The molecule has 0 N–H and O–H groups in total. The van der Waals surface area contributed by atoms with Crippen LogP contribution in [0.2, 0.25) is 0 Å². The van der Waals surface area contributed by atoms with Gasteiger partial charge in [-0.2, -0.15) is 0 Å². The van der Waals surface area contributed by atoms with Gasteiger partial charge in [0.15, 0.2) is 0 Å². The van der Waals surface area contributed by atoms with Crippen LogP contribution in [0.3, 0.4) is 0 Å². The molecule has 1 amide bonds. The largest absolute Gasteiger partial charge is 0.481 e. The summed E-state index contributed by atoms with van der Waals surface area (Å²) in [5.74, 6) is 0.371. The average Bonchev–Trinajstić information content (AvgIpc) is 2.29. The molecule has 0 aliphatic heterocycles. The van der Waals surface area contributed by atoms with Gasteiger partial charge in [-0.3, -0.25) is 9.59 Å². The second-order valence-corrected chi connectivity index (χ2v) is 4.33. The molecule has 17 heavy (non-hydrogen) atoms. The van der Waals surface area contributed by atoms with E-state index in [1.807, 2.05) is 0 Å². The van der Waals surface area contributed by atoms with Gasteiger partial charge in [0.05, 0.1) is 20.2 Å². The molecule has 1 heterocycles. The number of ether oxygens (including phenoxy) is 1. The fraction of sp³-hybridized carbons (Fsp3) is 0.364. The maximum Gasteiger partial charge on any atom is 0.219 e. The Balaban J connectivity index is 2.85. The normalized spacial score (nSPS) is 9.82. The molecule has 0 saturated heterocycles. The molecule has 1 aromatic heterocycles. The minimum Gasteiger partial charge on any atom is -0.481 e. The van der Waals surface area contributed by atoms with Crippen molar-refractivity contribution < 1.29 is 14.3 Å². The van der Waals surface area contributed by atoms with Gasteiger partial charge in [0.1, 0.15) is 10.4 Å². The van der Waals surface area contributed by atoms with Gasteiger partial charge >= 0.3 is 0 Å². The summed E-state index contributed by atoms with van der Waals surface area (Å²) in [6, 6.07) is 3.56. The number of rotatable bonds is 6. The van der Waals surface area contributed by atoms with E-state index in [0.717, 1.165) is 5.56 Å². The maximum absolute atomic E-state index is 11.0. The third-order valence-corrected chi connectivity index (χ3v) is 2.49. The van der Waals surface area contributed by atoms with Gasteiger partial charge in [0, 0.05) is 5.56 Å². The van der Waals surface area contributed by atoms with Crippen molar-refractivity contribution in [3.8, 4) is 5.88 Å². The zero-order chi connectivity index (χ0) is 12.8. The molecule has 0 aliphatic rings. The Morgan fingerprint density at radius 2 is 2.29 bits per heavy atom. The van der Waals surface area contributed by atoms with Crippen molar-refractivity contribution in [3.63, 3.8) is 0 Å². The smallest absolute Gasteiger partial charge is 0.219 e. The lowest BCUT2D eigenvalue weighted by molar-refractivity contribution is -0.126. The molecule has 6 heteroatoms. The molecule has 0 radical (unpaired) electrons. The molecule has 0 aliphatic carbocycles. The predicted molar refractivity (Wildman–Crippen MR) is 65.6 cm³/mol. The Bertz CT molecular complexity index is 423. The van der Waals surface area contributed by atoms with Crippen molar-refractivity contribution in [2.45, 2.75) is 13.5 Å². The lowest BCUT2D eigenvalue weighted by Gasteiger charge is -2.16. The summed E-state index contributed by atoms with van der Waals surface area (Å²) >= 11 is 3.23. The summed E-state index contributed by atoms with van der Waals surface area (Å²) in [6.07, 6.45) is 0.642. The molecule has 0 saturated carbocycles. The highest BCUT2D eigenvalue weighted by Crippen LogP contribution is 2.20. The Kier molecular flexibility index (Phi) is 5.09. The Morgan fingerprint density at radius 1 is 1.59 bits per heavy atom. The van der Waals surface area contributed by atoms with Crippen LogP contribution >= 0.6 is 15.9 Å². The number of hydrogen-bond donors (Lipinski definition) is 0. The minimum atomic E-state index is -0.0684. The summed E-state index contributed by atoms with van der Waals surface area (Å²) in [4.78, 5) is 27.3. The second kappa shape index (κ2) is 6.34. The van der Waals surface area contributed by atoms with Crippen molar-refractivity contribution in [2.75, 3.05) is 13.7 Å². The van der Waals surface area contributed by atoms with E-state index in [4.69, 9.17) is 4.74 Å². The van der Waals surface area contributed by atoms with Crippen LogP contribution < -0.4 is 4.74 Å². The minimum absolute atomic E-state index is 0.0684. The van der Waals surface area contributed by atoms with E-state index in [0.29, 0.717) is 23.4 Å². The highest BCUT2D eigenvalue weighted by molar-refractivity contribution is 9.10. The first-order valence-corrected chi connectivity index (χ1v) is 5.74. The van der Waals surface area contributed by atoms with E-state index in [2.05, 4.69) is 20.9 Å². The van der Waals surface area contributed by atoms with Gasteiger partial charge in [-0.1, -0.05) is 0 Å². The molecular formula is C11H13BrN2O3. The number of aromatic nitrogens is 1. The van der Waals surface area contributed by atoms with Crippen LogP contribution in [0.15, 0.2) is 16.7 Å². The van der Waals surface area contributed by atoms with Gasteiger partial charge in [-0.25, -0.2) is 4.98 Å². The van der Waals surface area contributed by atoms with Gasteiger partial charge < -0.3 is 9.64 Å². The van der Waals surface area contributed by atoms with Crippen LogP contribution in [0.1, 0.15) is 12.5 Å². The molecule has 1 rings (SSSR count). The Morgan fingerprint density at radius 3 is 2.82 bits per heavy atom. The van der Waals surface area contributed by atoms with Crippen LogP contribution in [-0.4, -0.2) is 35.7 Å². The van der Waals surface area contributed by atoms with Crippen molar-refractivity contribution in [1.29, 1.82) is 0 Å². The van der Waals surface area contributed by atoms with E-state index in [1.54, 1.807) is 12.1 Å². The molecule has 92 valence electrons. The number of Topliss-reactive ketones (excluding diaryl/α,β-unsaturated/α-hetero) is 1. The summed E-state index contributed by atoms with van der Waals surface area (Å²) in [5, 5.41) is 0. The van der Waals surface area contributed by atoms with Gasteiger partial charge in [0.25, 0.3) is 0 Å². The highest BCUT2D eigenvalue weighted by atomic mass is 79.9. The van der Waals surface area contributed by atoms with Crippen molar-refractivity contribution in [2.24, 2.45) is 0 Å². The molecule has 0 fully saturated rings. The molecule has 0 unspecified atom stereocenters. The Hall–Kier alpha value is -1.43. The number of amides is 1. The topological polar surface area (TPSA) is 59.5 Å². The van der Waals surface area contributed by atoms with E-state index in [1.165, 1.54) is 18.9 Å². The van der Waals surface area contributed by atoms with Crippen LogP contribution in [0.25, 0.3) is 0 Å². The highest BCUT2D eigenvalue weighted by Gasteiger charge is 2.11. The first kappa shape index (κ1) is 13.6. The standard InChI is InChI=1S/C11H13BrN2O3/c1-8(16)5-14(7-15)6-9-3-4-10(12)13-11(9)17-2/h3-4,7H,5-6H2,1-2H3. The predicted octanol–water partition coefficient (Wildman–Crippen LogP) is 1.40. The molecule has 0 atom stereocenters. The van der Waals surface area contributed by atoms with Crippen molar-refractivity contribution >= 4 is 28.1 Å². The maximum atomic E-state index is 11.0.